The molecule has 0 unspecified atom stereocenters. The van der Waals surface area contributed by atoms with E-state index in [0.29, 0.717) is 34.1 Å². The molecule has 5 aromatic rings. The number of methoxy groups -OCH3 is 1. The molecule has 0 aliphatic rings. The summed E-state index contributed by atoms with van der Waals surface area (Å²) in [5.41, 5.74) is 6.51. The fourth-order valence-corrected chi connectivity index (χ4v) is 7.75. The number of nitrogens with one attached hydrogen (secondary N) is 3. The van der Waals surface area contributed by atoms with E-state index in [1.165, 1.54) is 11.3 Å². The van der Waals surface area contributed by atoms with Crippen LogP contribution in [0.4, 0.5) is 16.5 Å². The van der Waals surface area contributed by atoms with Crippen LogP contribution >= 0.6 is 11.3 Å². The third-order valence-electron chi connectivity index (χ3n) is 8.29. The zero-order valence-electron chi connectivity index (χ0n) is 28.8. The monoisotopic (exact) mass is 713 g/mol. The first-order valence-electron chi connectivity index (χ1n) is 16.4. The highest BCUT2D eigenvalue weighted by molar-refractivity contribution is 7.92. The number of rotatable bonds is 15. The van der Waals surface area contributed by atoms with E-state index in [2.05, 4.69) is 20.3 Å². The fourth-order valence-electron chi connectivity index (χ4n) is 5.72. The van der Waals surface area contributed by atoms with Crippen molar-refractivity contribution in [3.8, 4) is 17.0 Å². The molecule has 50 heavy (non-hydrogen) atoms. The van der Waals surface area contributed by atoms with Gasteiger partial charge in [0.05, 0.1) is 36.4 Å². The lowest BCUT2D eigenvalue weighted by Gasteiger charge is -2.26. The summed E-state index contributed by atoms with van der Waals surface area (Å²) in [4.78, 5) is 22.8. The number of aromatic nitrogens is 2. The number of ether oxygens (including phenoxy) is 1. The van der Waals surface area contributed by atoms with Gasteiger partial charge in [0.25, 0.3) is 5.91 Å². The highest BCUT2D eigenvalue weighted by Gasteiger charge is 2.29. The maximum Gasteiger partial charge on any atom is 0.251 e. The highest BCUT2D eigenvalue weighted by atomic mass is 32.2. The summed E-state index contributed by atoms with van der Waals surface area (Å²) in [5, 5.41) is 20.4. The minimum Gasteiger partial charge on any atom is -0.497 e. The highest BCUT2D eigenvalue weighted by Crippen LogP contribution is 2.31. The second-order valence-electron chi connectivity index (χ2n) is 12.7. The standard InChI is InChI=1S/C38H43N5O5S2/c1-24(2)18-29-20-30(48-5)14-16-32(29)43-50(46,47)23-35(44)33(19-27-10-7-6-8-11-27)40-37(45)31-15-13-25(3)36(26(31)4)42-38-41-34(22-49-38)28-12-9-17-39-21-28/h6-17,20-22,24,33,35,43-44H,18-19,23H2,1-5H3,(H,40,45)(H,41,42)/t33-,35-/m0/s1. The molecule has 2 heterocycles. The molecule has 2 atom stereocenters. The minimum absolute atomic E-state index is 0.219. The third-order valence-corrected chi connectivity index (χ3v) is 10.4. The van der Waals surface area contributed by atoms with Gasteiger partial charge in [-0.3, -0.25) is 14.5 Å². The zero-order chi connectivity index (χ0) is 35.8. The van der Waals surface area contributed by atoms with Gasteiger partial charge in [0, 0.05) is 34.6 Å². The van der Waals surface area contributed by atoms with Gasteiger partial charge in [0.15, 0.2) is 5.13 Å². The number of aliphatic hydroxyl groups excluding tert-OH is 1. The van der Waals surface area contributed by atoms with Gasteiger partial charge >= 0.3 is 0 Å². The summed E-state index contributed by atoms with van der Waals surface area (Å²) in [7, 11) is -2.47. The molecule has 0 saturated heterocycles. The van der Waals surface area contributed by atoms with Crippen LogP contribution in [0.5, 0.6) is 5.75 Å². The second kappa shape index (κ2) is 16.3. The molecule has 0 spiro atoms. The number of amides is 1. The van der Waals surface area contributed by atoms with Crippen molar-refractivity contribution < 1.29 is 23.1 Å². The number of hydrogen-bond donors (Lipinski definition) is 4. The Morgan fingerprint density at radius 1 is 1.00 bits per heavy atom. The van der Waals surface area contributed by atoms with Crippen LogP contribution in [0.2, 0.25) is 0 Å². The van der Waals surface area contributed by atoms with Crippen molar-refractivity contribution in [1.82, 2.24) is 15.3 Å². The van der Waals surface area contributed by atoms with Crippen LogP contribution in [-0.4, -0.2) is 54.4 Å². The SMILES string of the molecule is COc1ccc(NS(=O)(=O)C[C@H](O)[C@H](Cc2ccccc2)NC(=O)c2ccc(C)c(Nc3nc(-c4cccnc4)cs3)c2C)c(CC(C)C)c1. The Hall–Kier alpha value is -4.78. The number of sulfonamides is 1. The maximum absolute atomic E-state index is 13.9. The zero-order valence-corrected chi connectivity index (χ0v) is 30.4. The van der Waals surface area contributed by atoms with Gasteiger partial charge in [-0.1, -0.05) is 50.2 Å². The summed E-state index contributed by atoms with van der Waals surface area (Å²) in [6.07, 6.45) is 2.89. The summed E-state index contributed by atoms with van der Waals surface area (Å²) in [6, 6.07) is 21.0. The normalized spacial score (nSPS) is 12.7. The Labute approximate surface area is 298 Å². The number of hydrogen-bond acceptors (Lipinski definition) is 9. The van der Waals surface area contributed by atoms with Gasteiger partial charge in [-0.05, 0) is 91.3 Å². The number of carbonyl (C=O) groups excluding carboxylic acids is 1. The van der Waals surface area contributed by atoms with E-state index in [9.17, 15) is 18.3 Å². The van der Waals surface area contributed by atoms with E-state index in [0.717, 1.165) is 33.6 Å². The van der Waals surface area contributed by atoms with Crippen molar-refractivity contribution >= 4 is 43.8 Å². The Bertz CT molecular complexity index is 2020. The van der Waals surface area contributed by atoms with Crippen LogP contribution in [0.15, 0.2) is 90.6 Å². The minimum atomic E-state index is -4.03. The van der Waals surface area contributed by atoms with Gasteiger partial charge in [-0.2, -0.15) is 0 Å². The molecule has 0 aliphatic heterocycles. The summed E-state index contributed by atoms with van der Waals surface area (Å²) in [5.74, 6) is -0.158. The first kappa shape index (κ1) is 36.5. The van der Waals surface area contributed by atoms with Gasteiger partial charge in [-0.25, -0.2) is 13.4 Å². The van der Waals surface area contributed by atoms with Gasteiger partial charge < -0.3 is 20.5 Å². The van der Waals surface area contributed by atoms with Crippen LogP contribution in [0.3, 0.4) is 0 Å². The molecule has 0 fully saturated rings. The summed E-state index contributed by atoms with van der Waals surface area (Å²) >= 11 is 1.45. The molecule has 0 radical (unpaired) electrons. The van der Waals surface area contributed by atoms with Crippen LogP contribution < -0.4 is 20.1 Å². The van der Waals surface area contributed by atoms with Gasteiger partial charge in [0.2, 0.25) is 10.0 Å². The summed E-state index contributed by atoms with van der Waals surface area (Å²) in [6.45, 7) is 7.89. The molecular weight excluding hydrogens is 671 g/mol. The molecule has 4 N–H and O–H groups in total. The van der Waals surface area contributed by atoms with E-state index >= 15 is 0 Å². The number of anilines is 3. The number of pyridine rings is 1. The van der Waals surface area contributed by atoms with Crippen LogP contribution in [0.25, 0.3) is 11.3 Å². The third kappa shape index (κ3) is 9.46. The molecule has 12 heteroatoms. The summed E-state index contributed by atoms with van der Waals surface area (Å²) < 4.78 is 35.0. The lowest BCUT2D eigenvalue weighted by Crippen LogP contribution is -2.48. The van der Waals surface area contributed by atoms with E-state index in [-0.39, 0.29) is 12.3 Å². The fraction of sp³-hybridized carbons (Fsp3) is 0.289. The van der Waals surface area contributed by atoms with E-state index < -0.39 is 33.8 Å². The number of aryl methyl sites for hydroxylation is 1. The first-order chi connectivity index (χ1) is 23.9. The van der Waals surface area contributed by atoms with Crippen LogP contribution in [0, 0.1) is 19.8 Å². The predicted molar refractivity (Wildman–Crippen MR) is 201 cm³/mol. The molecule has 0 saturated carbocycles. The first-order valence-corrected chi connectivity index (χ1v) is 18.9. The van der Waals surface area contributed by atoms with Crippen molar-refractivity contribution in [3.63, 3.8) is 0 Å². The number of nitrogens with zero attached hydrogens (tertiary/aromatic N) is 2. The average molecular weight is 714 g/mol. The molecule has 1 amide bonds. The van der Waals surface area contributed by atoms with E-state index in [1.54, 1.807) is 37.7 Å². The van der Waals surface area contributed by atoms with Crippen molar-refractivity contribution in [2.24, 2.45) is 5.92 Å². The lowest BCUT2D eigenvalue weighted by atomic mass is 9.99. The number of aliphatic hydroxyl groups is 1. The topological polar surface area (TPSA) is 143 Å². The molecule has 10 nitrogen and oxygen atoms in total. The van der Waals surface area contributed by atoms with Crippen molar-refractivity contribution in [2.75, 3.05) is 22.9 Å². The molecular formula is C38H43N5O5S2. The molecule has 262 valence electrons. The van der Waals surface area contributed by atoms with Crippen molar-refractivity contribution in [3.05, 3.63) is 118 Å². The number of benzene rings is 3. The molecule has 0 aliphatic carbocycles. The molecule has 0 bridgehead atoms. The van der Waals surface area contributed by atoms with Crippen molar-refractivity contribution in [2.45, 2.75) is 52.7 Å². The number of thiazole rings is 1. The molecule has 3 aromatic carbocycles. The number of carbonyl (C=O) groups is 1. The van der Waals surface area contributed by atoms with Crippen LogP contribution in [0.1, 0.15) is 46.5 Å². The second-order valence-corrected chi connectivity index (χ2v) is 15.3. The lowest BCUT2D eigenvalue weighted by molar-refractivity contribution is 0.0861. The molecule has 2 aromatic heterocycles. The van der Waals surface area contributed by atoms with E-state index in [4.69, 9.17) is 9.72 Å². The largest absolute Gasteiger partial charge is 0.497 e. The Morgan fingerprint density at radius 3 is 2.48 bits per heavy atom. The Kier molecular flexibility index (Phi) is 11.9. The smallest absolute Gasteiger partial charge is 0.251 e. The maximum atomic E-state index is 13.9. The van der Waals surface area contributed by atoms with Gasteiger partial charge in [0.1, 0.15) is 5.75 Å². The quantitative estimate of drug-likeness (QED) is 0.0917. The van der Waals surface area contributed by atoms with Crippen LogP contribution in [-0.2, 0) is 22.9 Å². The average Bonchev–Trinajstić information content (AvgIpc) is 3.56. The predicted octanol–water partition coefficient (Wildman–Crippen LogP) is 6.92. The molecule has 5 rings (SSSR count). The van der Waals surface area contributed by atoms with Gasteiger partial charge in [-0.15, -0.1) is 11.3 Å². The van der Waals surface area contributed by atoms with E-state index in [1.807, 2.05) is 87.7 Å². The Balaban J connectivity index is 1.36. The van der Waals surface area contributed by atoms with Crippen molar-refractivity contribution in [1.29, 1.82) is 0 Å². The Morgan fingerprint density at radius 2 is 1.78 bits per heavy atom.